The maximum absolute atomic E-state index is 12.7. The number of ether oxygens (including phenoxy) is 2. The summed E-state index contributed by atoms with van der Waals surface area (Å²) in [4.78, 5) is 14.4. The van der Waals surface area contributed by atoms with Gasteiger partial charge in [-0.1, -0.05) is 35.9 Å². The summed E-state index contributed by atoms with van der Waals surface area (Å²) in [5.74, 6) is 1.14. The van der Waals surface area contributed by atoms with Gasteiger partial charge in [-0.2, -0.15) is 0 Å². The molecule has 0 radical (unpaired) electrons. The molecule has 0 fully saturated rings. The zero-order valence-corrected chi connectivity index (χ0v) is 14.3. The molecule has 2 heterocycles. The molecule has 1 N–H and O–H groups in total. The van der Waals surface area contributed by atoms with E-state index in [1.165, 1.54) is 0 Å². The van der Waals surface area contributed by atoms with E-state index in [0.29, 0.717) is 41.8 Å². The second kappa shape index (κ2) is 6.58. The number of amides is 1. The number of fused-ring (bicyclic) bond motifs is 2. The lowest BCUT2D eigenvalue weighted by atomic mass is 9.97. The van der Waals surface area contributed by atoms with Crippen molar-refractivity contribution in [1.82, 2.24) is 4.90 Å². The summed E-state index contributed by atoms with van der Waals surface area (Å²) in [6.07, 6.45) is -0.505. The number of β-amino-alcohol motifs (C(OH)–C–C–N with tert-alkyl or cyclic N) is 1. The predicted octanol–water partition coefficient (Wildman–Crippen LogP) is 2.73. The van der Waals surface area contributed by atoms with Crippen LogP contribution in [0.3, 0.4) is 0 Å². The highest BCUT2D eigenvalue weighted by Gasteiger charge is 2.27. The van der Waals surface area contributed by atoms with E-state index in [9.17, 15) is 9.90 Å². The quantitative estimate of drug-likeness (QED) is 0.895. The van der Waals surface area contributed by atoms with Crippen LogP contribution < -0.4 is 9.47 Å². The Balaban J connectivity index is 1.53. The molecule has 2 aliphatic heterocycles. The Kier molecular flexibility index (Phi) is 4.27. The van der Waals surface area contributed by atoms with Gasteiger partial charge in [-0.15, -0.1) is 0 Å². The summed E-state index contributed by atoms with van der Waals surface area (Å²) in [7, 11) is 0. The van der Waals surface area contributed by atoms with Gasteiger partial charge in [0.15, 0.2) is 11.5 Å². The van der Waals surface area contributed by atoms with Gasteiger partial charge in [0.25, 0.3) is 0 Å². The molecular weight excluding hydrogens is 342 g/mol. The molecule has 1 amide bonds. The molecule has 0 saturated carbocycles. The Morgan fingerprint density at radius 2 is 1.92 bits per heavy atom. The van der Waals surface area contributed by atoms with Gasteiger partial charge in [0, 0.05) is 17.6 Å². The molecule has 5 nitrogen and oxygen atoms in total. The van der Waals surface area contributed by atoms with E-state index in [-0.39, 0.29) is 18.9 Å². The standard InChI is InChI=1S/C19H18ClNO4/c20-15-9-18-17(24-5-6-25-18)7-13(15)8-19(23)21-10-12-3-1-2-4-14(12)16(22)11-21/h1-4,7,9,16,22H,5-6,8,10-11H2/t16-/m1/s1. The van der Waals surface area contributed by atoms with E-state index in [4.69, 9.17) is 21.1 Å². The highest BCUT2D eigenvalue weighted by atomic mass is 35.5. The molecule has 1 atom stereocenters. The van der Waals surface area contributed by atoms with Crippen molar-refractivity contribution in [2.45, 2.75) is 19.1 Å². The second-order valence-corrected chi connectivity index (χ2v) is 6.66. The zero-order valence-electron chi connectivity index (χ0n) is 13.6. The van der Waals surface area contributed by atoms with Gasteiger partial charge in [0.2, 0.25) is 5.91 Å². The fourth-order valence-corrected chi connectivity index (χ4v) is 3.51. The molecule has 4 rings (SSSR count). The van der Waals surface area contributed by atoms with Gasteiger partial charge >= 0.3 is 0 Å². The van der Waals surface area contributed by atoms with E-state index in [1.54, 1.807) is 17.0 Å². The van der Waals surface area contributed by atoms with Crippen molar-refractivity contribution < 1.29 is 19.4 Å². The number of rotatable bonds is 2. The van der Waals surface area contributed by atoms with E-state index in [1.807, 2.05) is 24.3 Å². The van der Waals surface area contributed by atoms with Crippen LogP contribution in [0.5, 0.6) is 11.5 Å². The molecule has 2 aromatic rings. The van der Waals surface area contributed by atoms with Crippen LogP contribution in [0.25, 0.3) is 0 Å². The molecule has 2 aliphatic rings. The molecule has 0 aliphatic carbocycles. The molecular formula is C19H18ClNO4. The highest BCUT2D eigenvalue weighted by molar-refractivity contribution is 6.31. The van der Waals surface area contributed by atoms with Gasteiger partial charge in [0.05, 0.1) is 19.1 Å². The SMILES string of the molecule is O=C(Cc1cc2c(cc1Cl)OCCO2)N1Cc2ccccc2[C@H](O)C1. The van der Waals surface area contributed by atoms with Gasteiger partial charge in [-0.25, -0.2) is 0 Å². The largest absolute Gasteiger partial charge is 0.486 e. The predicted molar refractivity (Wildman–Crippen MR) is 93.0 cm³/mol. The van der Waals surface area contributed by atoms with E-state index in [2.05, 4.69) is 0 Å². The third-order valence-corrected chi connectivity index (χ3v) is 4.93. The molecule has 25 heavy (non-hydrogen) atoms. The molecule has 0 spiro atoms. The fraction of sp³-hybridized carbons (Fsp3) is 0.316. The van der Waals surface area contributed by atoms with Crippen LogP contribution in [-0.2, 0) is 17.8 Å². The Morgan fingerprint density at radius 3 is 2.72 bits per heavy atom. The third-order valence-electron chi connectivity index (χ3n) is 4.57. The Bertz CT molecular complexity index is 823. The lowest BCUT2D eigenvalue weighted by Gasteiger charge is -2.32. The highest BCUT2D eigenvalue weighted by Crippen LogP contribution is 2.36. The summed E-state index contributed by atoms with van der Waals surface area (Å²) < 4.78 is 11.1. The monoisotopic (exact) mass is 359 g/mol. The van der Waals surface area contributed by atoms with E-state index in [0.717, 1.165) is 11.1 Å². The number of aliphatic hydroxyl groups excluding tert-OH is 1. The average molecular weight is 360 g/mol. The molecule has 130 valence electrons. The van der Waals surface area contributed by atoms with Crippen molar-refractivity contribution in [1.29, 1.82) is 0 Å². The van der Waals surface area contributed by atoms with Gasteiger partial charge in [-0.05, 0) is 22.8 Å². The summed E-state index contributed by atoms with van der Waals surface area (Å²) in [6.45, 7) is 1.76. The molecule has 0 saturated heterocycles. The van der Waals surface area contributed by atoms with Gasteiger partial charge in [0.1, 0.15) is 13.2 Å². The summed E-state index contributed by atoms with van der Waals surface area (Å²) in [5, 5.41) is 10.8. The van der Waals surface area contributed by atoms with Crippen LogP contribution in [-0.4, -0.2) is 35.7 Å². The first-order chi connectivity index (χ1) is 12.1. The molecule has 2 aromatic carbocycles. The second-order valence-electron chi connectivity index (χ2n) is 6.25. The molecule has 0 aromatic heterocycles. The number of aliphatic hydroxyl groups is 1. The first kappa shape index (κ1) is 16.2. The van der Waals surface area contributed by atoms with Crippen molar-refractivity contribution in [3.63, 3.8) is 0 Å². The minimum atomic E-state index is -0.662. The van der Waals surface area contributed by atoms with Gasteiger partial charge in [-0.3, -0.25) is 4.79 Å². The van der Waals surface area contributed by atoms with E-state index < -0.39 is 6.10 Å². The third kappa shape index (κ3) is 3.17. The maximum Gasteiger partial charge on any atom is 0.227 e. The summed E-state index contributed by atoms with van der Waals surface area (Å²) in [5.41, 5.74) is 2.57. The minimum Gasteiger partial charge on any atom is -0.486 e. The Morgan fingerprint density at radius 1 is 1.20 bits per heavy atom. The Labute approximate surface area is 150 Å². The number of hydrogen-bond donors (Lipinski definition) is 1. The number of halogens is 1. The van der Waals surface area contributed by atoms with E-state index >= 15 is 0 Å². The average Bonchev–Trinajstić information content (AvgIpc) is 2.62. The lowest BCUT2D eigenvalue weighted by Crippen LogP contribution is -2.39. The first-order valence-corrected chi connectivity index (χ1v) is 8.61. The number of nitrogens with zero attached hydrogens (tertiary/aromatic N) is 1. The van der Waals surface area contributed by atoms with Crippen LogP contribution >= 0.6 is 11.6 Å². The first-order valence-electron chi connectivity index (χ1n) is 8.23. The normalized spacial score (nSPS) is 18.6. The van der Waals surface area contributed by atoms with Gasteiger partial charge < -0.3 is 19.5 Å². The molecule has 0 bridgehead atoms. The molecule has 0 unspecified atom stereocenters. The fourth-order valence-electron chi connectivity index (χ4n) is 3.29. The zero-order chi connectivity index (χ0) is 17.4. The summed E-state index contributed by atoms with van der Waals surface area (Å²) >= 11 is 6.30. The molecule has 6 heteroatoms. The topological polar surface area (TPSA) is 59.0 Å². The summed E-state index contributed by atoms with van der Waals surface area (Å²) in [6, 6.07) is 11.1. The van der Waals surface area contributed by atoms with Crippen molar-refractivity contribution >= 4 is 17.5 Å². The van der Waals surface area contributed by atoms with Crippen molar-refractivity contribution in [3.05, 3.63) is 58.1 Å². The van der Waals surface area contributed by atoms with Crippen LogP contribution in [0, 0.1) is 0 Å². The maximum atomic E-state index is 12.7. The number of carbonyl (C=O) groups excluding carboxylic acids is 1. The number of hydrogen-bond acceptors (Lipinski definition) is 4. The minimum absolute atomic E-state index is 0.0767. The van der Waals surface area contributed by atoms with Crippen molar-refractivity contribution in [2.75, 3.05) is 19.8 Å². The van der Waals surface area contributed by atoms with Crippen LogP contribution in [0.4, 0.5) is 0 Å². The number of benzene rings is 2. The van der Waals surface area contributed by atoms with Crippen LogP contribution in [0.2, 0.25) is 5.02 Å². The number of carbonyl (C=O) groups is 1. The van der Waals surface area contributed by atoms with Crippen LogP contribution in [0.15, 0.2) is 36.4 Å². The smallest absolute Gasteiger partial charge is 0.227 e. The van der Waals surface area contributed by atoms with Crippen molar-refractivity contribution in [2.24, 2.45) is 0 Å². The van der Waals surface area contributed by atoms with Crippen molar-refractivity contribution in [3.8, 4) is 11.5 Å². The lowest BCUT2D eigenvalue weighted by molar-refractivity contribution is -0.133. The Hall–Kier alpha value is -2.24. The van der Waals surface area contributed by atoms with Crippen LogP contribution in [0.1, 0.15) is 22.8 Å².